The first-order valence-corrected chi connectivity index (χ1v) is 6.29. The van der Waals surface area contributed by atoms with Crippen LogP contribution in [0.4, 0.5) is 10.1 Å². The number of hydrogen-bond donors (Lipinski definition) is 2. The second-order valence-corrected chi connectivity index (χ2v) is 4.56. The van der Waals surface area contributed by atoms with E-state index in [1.54, 1.807) is 30.3 Å². The van der Waals surface area contributed by atoms with Crippen molar-refractivity contribution in [2.24, 2.45) is 0 Å². The summed E-state index contributed by atoms with van der Waals surface area (Å²) in [5.41, 5.74) is 2.52. The van der Waals surface area contributed by atoms with Crippen LogP contribution in [0, 0.1) is 24.1 Å². The molecular weight excluding hydrogens is 255 g/mol. The molecule has 0 fully saturated rings. The Labute approximate surface area is 117 Å². The normalized spacial score (nSPS) is 11.7. The Kier molecular flexibility index (Phi) is 4.34. The maximum absolute atomic E-state index is 13.5. The average molecular weight is 270 g/mol. The summed E-state index contributed by atoms with van der Waals surface area (Å²) in [6.07, 6.45) is -0.943. The van der Waals surface area contributed by atoms with Gasteiger partial charge in [-0.1, -0.05) is 24.3 Å². The topological polar surface area (TPSA) is 56.0 Å². The highest BCUT2D eigenvalue weighted by Gasteiger charge is 2.12. The van der Waals surface area contributed by atoms with Crippen LogP contribution in [0.25, 0.3) is 0 Å². The monoisotopic (exact) mass is 270 g/mol. The van der Waals surface area contributed by atoms with Gasteiger partial charge in [0.25, 0.3) is 0 Å². The number of aryl methyl sites for hydroxylation is 1. The van der Waals surface area contributed by atoms with Crippen LogP contribution in [0.5, 0.6) is 0 Å². The summed E-state index contributed by atoms with van der Waals surface area (Å²) in [4.78, 5) is 0. The van der Waals surface area contributed by atoms with E-state index in [0.29, 0.717) is 5.56 Å². The third kappa shape index (κ3) is 3.14. The fourth-order valence-corrected chi connectivity index (χ4v) is 1.94. The smallest absolute Gasteiger partial charge is 0.129 e. The molecule has 0 saturated heterocycles. The van der Waals surface area contributed by atoms with E-state index in [1.165, 1.54) is 6.07 Å². The molecule has 1 atom stereocenters. The lowest BCUT2D eigenvalue weighted by Crippen LogP contribution is -2.14. The summed E-state index contributed by atoms with van der Waals surface area (Å²) in [5, 5.41) is 21.9. The second-order valence-electron chi connectivity index (χ2n) is 4.56. The number of rotatable bonds is 4. The van der Waals surface area contributed by atoms with E-state index in [0.717, 1.165) is 11.3 Å². The number of nitrogens with one attached hydrogen (secondary N) is 1. The van der Waals surface area contributed by atoms with Crippen molar-refractivity contribution in [3.05, 3.63) is 65.0 Å². The highest BCUT2D eigenvalue weighted by molar-refractivity contribution is 5.55. The van der Waals surface area contributed by atoms with Crippen molar-refractivity contribution in [1.29, 1.82) is 5.26 Å². The van der Waals surface area contributed by atoms with Crippen molar-refractivity contribution >= 4 is 5.69 Å². The Balaban J connectivity index is 2.09. The van der Waals surface area contributed by atoms with Gasteiger partial charge in [0.1, 0.15) is 5.82 Å². The molecule has 2 aromatic rings. The van der Waals surface area contributed by atoms with Crippen molar-refractivity contribution in [3.63, 3.8) is 0 Å². The molecule has 1 unspecified atom stereocenters. The van der Waals surface area contributed by atoms with Crippen LogP contribution in [0.1, 0.15) is 22.8 Å². The van der Waals surface area contributed by atoms with Crippen LogP contribution >= 0.6 is 0 Å². The lowest BCUT2D eigenvalue weighted by atomic mass is 10.1. The van der Waals surface area contributed by atoms with Crippen LogP contribution in [0.2, 0.25) is 0 Å². The molecule has 20 heavy (non-hydrogen) atoms. The molecule has 0 saturated carbocycles. The van der Waals surface area contributed by atoms with E-state index in [1.807, 2.05) is 13.0 Å². The zero-order valence-electron chi connectivity index (χ0n) is 11.1. The fourth-order valence-electron chi connectivity index (χ4n) is 1.94. The lowest BCUT2D eigenvalue weighted by Gasteiger charge is -2.15. The van der Waals surface area contributed by atoms with Crippen LogP contribution in [0.15, 0.2) is 42.5 Å². The minimum absolute atomic E-state index is 0.177. The number of aliphatic hydroxyl groups excluding tert-OH is 1. The van der Waals surface area contributed by atoms with Gasteiger partial charge in [0.05, 0.1) is 17.7 Å². The van der Waals surface area contributed by atoms with Gasteiger partial charge < -0.3 is 10.4 Å². The summed E-state index contributed by atoms with van der Waals surface area (Å²) in [6, 6.07) is 13.5. The van der Waals surface area contributed by atoms with Gasteiger partial charge in [0.15, 0.2) is 0 Å². The molecular formula is C16H15FN2O. The van der Waals surface area contributed by atoms with E-state index >= 15 is 0 Å². The van der Waals surface area contributed by atoms with E-state index in [2.05, 4.69) is 11.4 Å². The number of nitrogens with zero attached hydrogens (tertiary/aromatic N) is 1. The largest absolute Gasteiger partial charge is 0.386 e. The van der Waals surface area contributed by atoms with Gasteiger partial charge >= 0.3 is 0 Å². The molecule has 0 spiro atoms. The Bertz CT molecular complexity index is 649. The number of halogens is 1. The molecule has 0 aliphatic heterocycles. The summed E-state index contributed by atoms with van der Waals surface area (Å²) in [5.74, 6) is -0.427. The molecule has 2 aromatic carbocycles. The maximum atomic E-state index is 13.5. The van der Waals surface area contributed by atoms with Gasteiger partial charge in [-0.2, -0.15) is 5.26 Å². The number of hydrogen-bond acceptors (Lipinski definition) is 3. The van der Waals surface area contributed by atoms with Crippen LogP contribution in [-0.4, -0.2) is 11.7 Å². The quantitative estimate of drug-likeness (QED) is 0.897. The van der Waals surface area contributed by atoms with Gasteiger partial charge in [0, 0.05) is 17.8 Å². The molecule has 2 N–H and O–H groups in total. The minimum Gasteiger partial charge on any atom is -0.386 e. The second kappa shape index (κ2) is 6.18. The number of anilines is 1. The Morgan fingerprint density at radius 3 is 2.75 bits per heavy atom. The first kappa shape index (κ1) is 14.0. The van der Waals surface area contributed by atoms with Crippen molar-refractivity contribution in [3.8, 4) is 6.07 Å². The third-order valence-corrected chi connectivity index (χ3v) is 3.12. The molecule has 2 rings (SSSR count). The molecule has 0 amide bonds. The van der Waals surface area contributed by atoms with Gasteiger partial charge in [-0.3, -0.25) is 0 Å². The first-order valence-electron chi connectivity index (χ1n) is 6.29. The Hall–Kier alpha value is -2.38. The standard InChI is InChI=1S/C16H15FN2O/c1-11-6-7-12(9-18)8-15(11)19-10-16(20)13-4-2-3-5-14(13)17/h2-8,16,19-20H,10H2,1H3. The first-order chi connectivity index (χ1) is 9.61. The number of nitriles is 1. The lowest BCUT2D eigenvalue weighted by molar-refractivity contribution is 0.186. The van der Waals surface area contributed by atoms with Crippen molar-refractivity contribution < 1.29 is 9.50 Å². The summed E-state index contributed by atoms with van der Waals surface area (Å²) >= 11 is 0. The highest BCUT2D eigenvalue weighted by Crippen LogP contribution is 2.20. The Morgan fingerprint density at radius 1 is 1.30 bits per heavy atom. The van der Waals surface area contributed by atoms with Gasteiger partial charge in [0.2, 0.25) is 0 Å². The van der Waals surface area contributed by atoms with Crippen molar-refractivity contribution in [2.75, 3.05) is 11.9 Å². The average Bonchev–Trinajstić information content (AvgIpc) is 2.46. The maximum Gasteiger partial charge on any atom is 0.129 e. The highest BCUT2D eigenvalue weighted by atomic mass is 19.1. The molecule has 0 radical (unpaired) electrons. The third-order valence-electron chi connectivity index (χ3n) is 3.12. The summed E-state index contributed by atoms with van der Waals surface area (Å²) in [7, 11) is 0. The molecule has 102 valence electrons. The van der Waals surface area contributed by atoms with E-state index in [-0.39, 0.29) is 12.1 Å². The predicted molar refractivity (Wildman–Crippen MR) is 75.7 cm³/mol. The summed E-state index contributed by atoms with van der Waals surface area (Å²) < 4.78 is 13.5. The number of aliphatic hydroxyl groups is 1. The van der Waals surface area contributed by atoms with Gasteiger partial charge in [-0.15, -0.1) is 0 Å². The zero-order valence-corrected chi connectivity index (χ0v) is 11.1. The van der Waals surface area contributed by atoms with E-state index in [9.17, 15) is 9.50 Å². The molecule has 0 bridgehead atoms. The van der Waals surface area contributed by atoms with Crippen molar-refractivity contribution in [1.82, 2.24) is 0 Å². The van der Waals surface area contributed by atoms with Gasteiger partial charge in [-0.25, -0.2) is 4.39 Å². The van der Waals surface area contributed by atoms with Gasteiger partial charge in [-0.05, 0) is 30.7 Å². The molecule has 3 nitrogen and oxygen atoms in total. The molecule has 0 aromatic heterocycles. The Morgan fingerprint density at radius 2 is 2.05 bits per heavy atom. The molecule has 0 heterocycles. The predicted octanol–water partition coefficient (Wildman–Crippen LogP) is 3.15. The number of benzene rings is 2. The van der Waals surface area contributed by atoms with E-state index < -0.39 is 11.9 Å². The molecule has 4 heteroatoms. The van der Waals surface area contributed by atoms with E-state index in [4.69, 9.17) is 5.26 Å². The zero-order chi connectivity index (χ0) is 14.5. The summed E-state index contributed by atoms with van der Waals surface area (Å²) in [6.45, 7) is 2.08. The van der Waals surface area contributed by atoms with Crippen molar-refractivity contribution in [2.45, 2.75) is 13.0 Å². The fraction of sp³-hybridized carbons (Fsp3) is 0.188. The molecule has 0 aliphatic carbocycles. The molecule has 0 aliphatic rings. The van der Waals surface area contributed by atoms with Crippen LogP contribution in [0.3, 0.4) is 0 Å². The van der Waals surface area contributed by atoms with Crippen LogP contribution in [-0.2, 0) is 0 Å². The van der Waals surface area contributed by atoms with Crippen LogP contribution < -0.4 is 5.32 Å². The minimum atomic E-state index is -0.943. The SMILES string of the molecule is Cc1ccc(C#N)cc1NCC(O)c1ccccc1F.